The second kappa shape index (κ2) is 3.61. The minimum atomic E-state index is -0.0900. The van der Waals surface area contributed by atoms with Gasteiger partial charge in [0.05, 0.1) is 6.26 Å². The van der Waals surface area contributed by atoms with Crippen molar-refractivity contribution >= 4 is 12.0 Å². The molecule has 1 rings (SSSR count). The van der Waals surface area contributed by atoms with Crippen LogP contribution in [0.3, 0.4) is 0 Å². The number of nitrogens with one attached hydrogen (secondary N) is 1. The first-order valence-corrected chi connectivity index (χ1v) is 3.26. The molecule has 1 amide bonds. The molecule has 3 heteroatoms. The van der Waals surface area contributed by atoms with Crippen LogP contribution >= 0.6 is 0 Å². The first-order valence-electron chi connectivity index (χ1n) is 3.26. The number of amides is 1. The van der Waals surface area contributed by atoms with Gasteiger partial charge in [-0.3, -0.25) is 4.79 Å². The number of carbonyl (C=O) groups is 1. The summed E-state index contributed by atoms with van der Waals surface area (Å²) in [7, 11) is 0. The second-order valence-electron chi connectivity index (χ2n) is 2.05. The molecular formula is C8H9NO2. The third kappa shape index (κ3) is 2.71. The van der Waals surface area contributed by atoms with E-state index in [4.69, 9.17) is 4.42 Å². The van der Waals surface area contributed by atoms with Crippen molar-refractivity contribution in [3.8, 4) is 0 Å². The maximum absolute atomic E-state index is 10.4. The van der Waals surface area contributed by atoms with Crippen LogP contribution in [0, 0.1) is 0 Å². The maximum Gasteiger partial charge on any atom is 0.220 e. The molecule has 0 atom stereocenters. The van der Waals surface area contributed by atoms with Crippen LogP contribution in [0.5, 0.6) is 0 Å². The van der Waals surface area contributed by atoms with Gasteiger partial charge in [-0.05, 0) is 18.2 Å². The number of hydrogen-bond acceptors (Lipinski definition) is 2. The Balaban J connectivity index is 2.43. The van der Waals surface area contributed by atoms with E-state index in [0.717, 1.165) is 5.76 Å². The second-order valence-corrected chi connectivity index (χ2v) is 2.05. The first-order chi connectivity index (χ1) is 5.29. The fourth-order valence-corrected chi connectivity index (χ4v) is 0.627. The van der Waals surface area contributed by atoms with Crippen LogP contribution in [0.25, 0.3) is 6.08 Å². The molecule has 0 saturated heterocycles. The van der Waals surface area contributed by atoms with E-state index in [-0.39, 0.29) is 5.91 Å². The van der Waals surface area contributed by atoms with Crippen LogP contribution in [0.4, 0.5) is 0 Å². The van der Waals surface area contributed by atoms with E-state index in [1.165, 1.54) is 6.92 Å². The van der Waals surface area contributed by atoms with Crippen molar-refractivity contribution in [2.45, 2.75) is 6.92 Å². The third-order valence-electron chi connectivity index (χ3n) is 1.08. The van der Waals surface area contributed by atoms with Gasteiger partial charge in [0.15, 0.2) is 0 Å². The van der Waals surface area contributed by atoms with Crippen molar-refractivity contribution in [1.82, 2.24) is 5.32 Å². The van der Waals surface area contributed by atoms with Crippen LogP contribution in [-0.4, -0.2) is 5.91 Å². The smallest absolute Gasteiger partial charge is 0.220 e. The molecule has 0 aliphatic carbocycles. The molecule has 0 bridgehead atoms. The van der Waals surface area contributed by atoms with Gasteiger partial charge >= 0.3 is 0 Å². The topological polar surface area (TPSA) is 42.2 Å². The van der Waals surface area contributed by atoms with Crippen LogP contribution in [-0.2, 0) is 4.79 Å². The lowest BCUT2D eigenvalue weighted by atomic mass is 10.4. The molecule has 58 valence electrons. The summed E-state index contributed by atoms with van der Waals surface area (Å²) in [6, 6.07) is 3.59. The number of hydrogen-bond donors (Lipinski definition) is 1. The van der Waals surface area contributed by atoms with E-state index in [0.29, 0.717) is 0 Å². The predicted octanol–water partition coefficient (Wildman–Crippen LogP) is 1.39. The fraction of sp³-hybridized carbons (Fsp3) is 0.125. The lowest BCUT2D eigenvalue weighted by Gasteiger charge is -1.88. The van der Waals surface area contributed by atoms with Gasteiger partial charge in [0, 0.05) is 13.1 Å². The van der Waals surface area contributed by atoms with Gasteiger partial charge in [-0.15, -0.1) is 0 Å². The molecule has 0 aliphatic rings. The largest absolute Gasteiger partial charge is 0.465 e. The quantitative estimate of drug-likeness (QED) is 0.693. The van der Waals surface area contributed by atoms with Crippen LogP contribution < -0.4 is 5.32 Å². The predicted molar refractivity (Wildman–Crippen MR) is 41.6 cm³/mol. The molecule has 0 radical (unpaired) electrons. The van der Waals surface area contributed by atoms with Crippen molar-refractivity contribution in [3.63, 3.8) is 0 Å². The zero-order valence-corrected chi connectivity index (χ0v) is 6.20. The molecule has 0 aromatic carbocycles. The average molecular weight is 151 g/mol. The standard InChI is InChI=1S/C8H9NO2/c1-7(10)9-5-4-8-3-2-6-11-8/h2-6H,1H3,(H,9,10)/b5-4+. The number of carbonyl (C=O) groups excluding carboxylic acids is 1. The van der Waals surface area contributed by atoms with E-state index in [2.05, 4.69) is 5.32 Å². The molecule has 11 heavy (non-hydrogen) atoms. The first kappa shape index (κ1) is 7.60. The summed E-state index contributed by atoms with van der Waals surface area (Å²) in [6.07, 6.45) is 4.80. The molecule has 1 heterocycles. The maximum atomic E-state index is 10.4. The van der Waals surface area contributed by atoms with E-state index >= 15 is 0 Å². The van der Waals surface area contributed by atoms with Crippen LogP contribution in [0.1, 0.15) is 12.7 Å². The Morgan fingerprint density at radius 3 is 3.09 bits per heavy atom. The monoisotopic (exact) mass is 151 g/mol. The summed E-state index contributed by atoms with van der Waals surface area (Å²) in [5.74, 6) is 0.631. The summed E-state index contributed by atoms with van der Waals surface area (Å²) in [5.41, 5.74) is 0. The minimum absolute atomic E-state index is 0.0900. The fourth-order valence-electron chi connectivity index (χ4n) is 0.627. The highest BCUT2D eigenvalue weighted by molar-refractivity contribution is 5.74. The SMILES string of the molecule is CC(=O)N/C=C/c1ccco1. The van der Waals surface area contributed by atoms with Gasteiger partial charge in [0.1, 0.15) is 5.76 Å². The van der Waals surface area contributed by atoms with Crippen LogP contribution in [0.2, 0.25) is 0 Å². The van der Waals surface area contributed by atoms with Crippen molar-refractivity contribution in [2.75, 3.05) is 0 Å². The molecule has 1 N–H and O–H groups in total. The molecule has 3 nitrogen and oxygen atoms in total. The molecule has 1 aromatic heterocycles. The molecule has 1 aromatic rings. The van der Waals surface area contributed by atoms with Gasteiger partial charge in [0.2, 0.25) is 5.91 Å². The highest BCUT2D eigenvalue weighted by atomic mass is 16.3. The average Bonchev–Trinajstić information content (AvgIpc) is 2.39. The normalized spacial score (nSPS) is 10.3. The molecule has 0 fully saturated rings. The Bertz CT molecular complexity index is 249. The van der Waals surface area contributed by atoms with E-state index in [9.17, 15) is 4.79 Å². The highest BCUT2D eigenvalue weighted by Crippen LogP contribution is 2.00. The van der Waals surface area contributed by atoms with Crippen molar-refractivity contribution < 1.29 is 9.21 Å². The lowest BCUT2D eigenvalue weighted by molar-refractivity contribution is -0.118. The van der Waals surface area contributed by atoms with Crippen molar-refractivity contribution in [3.05, 3.63) is 30.4 Å². The summed E-state index contributed by atoms with van der Waals surface area (Å²) in [4.78, 5) is 10.4. The lowest BCUT2D eigenvalue weighted by Crippen LogP contribution is -2.10. The van der Waals surface area contributed by atoms with E-state index in [1.807, 2.05) is 0 Å². The number of furan rings is 1. The zero-order valence-electron chi connectivity index (χ0n) is 6.20. The van der Waals surface area contributed by atoms with Crippen LogP contribution in [0.15, 0.2) is 29.0 Å². The number of rotatable bonds is 2. The van der Waals surface area contributed by atoms with Gasteiger partial charge in [0.25, 0.3) is 0 Å². The summed E-state index contributed by atoms with van der Waals surface area (Å²) in [5, 5.41) is 2.50. The van der Waals surface area contributed by atoms with Crippen molar-refractivity contribution in [2.24, 2.45) is 0 Å². The highest BCUT2D eigenvalue weighted by Gasteiger charge is 1.86. The molecular weight excluding hydrogens is 142 g/mol. The van der Waals surface area contributed by atoms with Gasteiger partial charge in [-0.2, -0.15) is 0 Å². The third-order valence-corrected chi connectivity index (χ3v) is 1.08. The van der Waals surface area contributed by atoms with Crippen molar-refractivity contribution in [1.29, 1.82) is 0 Å². The Morgan fingerprint density at radius 1 is 1.73 bits per heavy atom. The molecule has 0 spiro atoms. The minimum Gasteiger partial charge on any atom is -0.465 e. The van der Waals surface area contributed by atoms with Gasteiger partial charge in [-0.25, -0.2) is 0 Å². The summed E-state index contributed by atoms with van der Waals surface area (Å²) >= 11 is 0. The molecule has 0 unspecified atom stereocenters. The van der Waals surface area contributed by atoms with Gasteiger partial charge in [-0.1, -0.05) is 0 Å². The Hall–Kier alpha value is -1.51. The van der Waals surface area contributed by atoms with E-state index < -0.39 is 0 Å². The Morgan fingerprint density at radius 2 is 2.55 bits per heavy atom. The zero-order chi connectivity index (χ0) is 8.10. The molecule has 0 aliphatic heterocycles. The molecule has 0 saturated carbocycles. The van der Waals surface area contributed by atoms with E-state index in [1.54, 1.807) is 30.7 Å². The van der Waals surface area contributed by atoms with Gasteiger partial charge < -0.3 is 9.73 Å². The Labute approximate surface area is 64.7 Å². The summed E-state index contributed by atoms with van der Waals surface area (Å²) in [6.45, 7) is 1.45. The Kier molecular flexibility index (Phi) is 2.49. The summed E-state index contributed by atoms with van der Waals surface area (Å²) < 4.78 is 4.98.